The maximum Gasteiger partial charge on any atom is 0.110 e. The van der Waals surface area contributed by atoms with E-state index >= 15 is 0 Å². The predicted octanol–water partition coefficient (Wildman–Crippen LogP) is 7.71. The van der Waals surface area contributed by atoms with E-state index in [-0.39, 0.29) is 5.92 Å². The van der Waals surface area contributed by atoms with Gasteiger partial charge in [0.25, 0.3) is 0 Å². The van der Waals surface area contributed by atoms with Crippen molar-refractivity contribution in [2.75, 3.05) is 0 Å². The monoisotopic (exact) mass is 516 g/mol. The summed E-state index contributed by atoms with van der Waals surface area (Å²) in [6, 6.07) is 24.0. The predicted molar refractivity (Wildman–Crippen MR) is 124 cm³/mol. The van der Waals surface area contributed by atoms with Crippen molar-refractivity contribution >= 4 is 49.0 Å². The van der Waals surface area contributed by atoms with Gasteiger partial charge < -0.3 is 5.11 Å². The van der Waals surface area contributed by atoms with Crippen LogP contribution in [0.3, 0.4) is 0 Å². The molecule has 2 atom stereocenters. The second-order valence-electron chi connectivity index (χ2n) is 7.18. The molecule has 2 unspecified atom stereocenters. The zero-order valence-corrected chi connectivity index (χ0v) is 19.0. The third-order valence-corrected chi connectivity index (χ3v) is 7.09. The Bertz CT molecular complexity index is 1050. The van der Waals surface area contributed by atoms with Crippen molar-refractivity contribution in [3.63, 3.8) is 0 Å². The second kappa shape index (κ2) is 8.16. The number of hydrogen-bond donors (Lipinski definition) is 1. The average Bonchev–Trinajstić information content (AvgIpc) is 2.68. The summed E-state index contributed by atoms with van der Waals surface area (Å²) < 4.78 is 2.09. The first-order valence-electron chi connectivity index (χ1n) is 9.16. The van der Waals surface area contributed by atoms with Crippen molar-refractivity contribution in [3.8, 4) is 0 Å². The van der Waals surface area contributed by atoms with Gasteiger partial charge in [-0.05, 0) is 59.7 Å². The summed E-state index contributed by atoms with van der Waals surface area (Å²) in [5.41, 5.74) is 3.02. The molecule has 0 bridgehead atoms. The van der Waals surface area contributed by atoms with E-state index in [2.05, 4.69) is 50.1 Å². The topological polar surface area (TPSA) is 20.2 Å². The molecule has 1 N–H and O–H groups in total. The van der Waals surface area contributed by atoms with E-state index in [0.29, 0.717) is 11.4 Å². The third-order valence-electron chi connectivity index (χ3n) is 5.34. The minimum atomic E-state index is -1.14. The Morgan fingerprint density at radius 2 is 1.50 bits per heavy atom. The van der Waals surface area contributed by atoms with E-state index < -0.39 is 5.60 Å². The first kappa shape index (κ1) is 19.9. The zero-order chi connectivity index (χ0) is 19.7. The van der Waals surface area contributed by atoms with Crippen LogP contribution in [-0.4, -0.2) is 5.11 Å². The Balaban J connectivity index is 1.87. The highest BCUT2D eigenvalue weighted by molar-refractivity contribution is 9.10. The van der Waals surface area contributed by atoms with Crippen LogP contribution in [0.2, 0.25) is 5.02 Å². The number of benzene rings is 3. The molecule has 0 spiro atoms. The molecule has 4 rings (SSSR count). The average molecular weight is 519 g/mol. The van der Waals surface area contributed by atoms with Crippen molar-refractivity contribution < 1.29 is 5.11 Å². The molecule has 4 heteroatoms. The summed E-state index contributed by atoms with van der Waals surface area (Å²) in [5.74, 6) is 0.156. The maximum atomic E-state index is 11.8. The van der Waals surface area contributed by atoms with Crippen LogP contribution in [0.25, 0.3) is 5.57 Å². The third kappa shape index (κ3) is 3.86. The summed E-state index contributed by atoms with van der Waals surface area (Å²) in [7, 11) is 0. The molecule has 0 radical (unpaired) electrons. The highest BCUT2D eigenvalue weighted by Crippen LogP contribution is 2.49. The standard InChI is InChI=1S/C24H19Br2ClO/c25-21-10-4-1-7-18(21)16-13-17(19-8-2-5-11-22(19)26)15-24(28,14-16)20-9-3-6-12-23(20)27/h1-12,14,17,28H,13,15H2. The first-order valence-corrected chi connectivity index (χ1v) is 11.1. The minimum Gasteiger partial charge on any atom is -0.381 e. The summed E-state index contributed by atoms with van der Waals surface area (Å²) >= 11 is 13.9. The van der Waals surface area contributed by atoms with Crippen LogP contribution in [-0.2, 0) is 5.60 Å². The molecule has 3 aromatic carbocycles. The van der Waals surface area contributed by atoms with Crippen molar-refractivity contribution in [1.82, 2.24) is 0 Å². The fourth-order valence-electron chi connectivity index (χ4n) is 4.05. The molecule has 142 valence electrons. The lowest BCUT2D eigenvalue weighted by Gasteiger charge is -2.37. The van der Waals surface area contributed by atoms with Gasteiger partial charge in [0.05, 0.1) is 0 Å². The van der Waals surface area contributed by atoms with Gasteiger partial charge in [0.2, 0.25) is 0 Å². The summed E-state index contributed by atoms with van der Waals surface area (Å²) in [4.78, 5) is 0. The van der Waals surface area contributed by atoms with Crippen molar-refractivity contribution in [3.05, 3.63) is 110 Å². The molecule has 0 heterocycles. The van der Waals surface area contributed by atoms with Crippen molar-refractivity contribution in [2.24, 2.45) is 0 Å². The van der Waals surface area contributed by atoms with Crippen molar-refractivity contribution in [1.29, 1.82) is 0 Å². The van der Waals surface area contributed by atoms with Gasteiger partial charge >= 0.3 is 0 Å². The number of hydrogen-bond acceptors (Lipinski definition) is 1. The molecule has 0 saturated heterocycles. The Kier molecular flexibility index (Phi) is 5.80. The summed E-state index contributed by atoms with van der Waals surface area (Å²) in [6.07, 6.45) is 3.41. The molecule has 1 aliphatic rings. The largest absolute Gasteiger partial charge is 0.381 e. The van der Waals surface area contributed by atoms with E-state index in [1.807, 2.05) is 60.7 Å². The van der Waals surface area contributed by atoms with Crippen LogP contribution >= 0.6 is 43.5 Å². The maximum absolute atomic E-state index is 11.8. The summed E-state index contributed by atoms with van der Waals surface area (Å²) in [5, 5.41) is 12.4. The lowest BCUT2D eigenvalue weighted by Crippen LogP contribution is -2.30. The van der Waals surface area contributed by atoms with Gasteiger partial charge in [0.15, 0.2) is 0 Å². The molecule has 1 aliphatic carbocycles. The van der Waals surface area contributed by atoms with Gasteiger partial charge in [0, 0.05) is 19.5 Å². The normalized spacial score (nSPS) is 22.0. The van der Waals surface area contributed by atoms with Gasteiger partial charge in [-0.2, -0.15) is 0 Å². The molecule has 0 aromatic heterocycles. The number of aliphatic hydroxyl groups is 1. The number of rotatable bonds is 3. The molecule has 0 aliphatic heterocycles. The SMILES string of the molecule is OC1(c2ccccc2Cl)C=C(c2ccccc2Br)CC(c2ccccc2Br)C1. The first-order chi connectivity index (χ1) is 13.5. The molecular formula is C24H19Br2ClO. The van der Waals surface area contributed by atoms with Gasteiger partial charge in [-0.3, -0.25) is 0 Å². The van der Waals surface area contributed by atoms with E-state index in [1.54, 1.807) is 0 Å². The lowest BCUT2D eigenvalue weighted by atomic mass is 9.72. The van der Waals surface area contributed by atoms with Crippen molar-refractivity contribution in [2.45, 2.75) is 24.4 Å². The molecule has 0 fully saturated rings. The van der Waals surface area contributed by atoms with E-state index in [4.69, 9.17) is 11.6 Å². The Morgan fingerprint density at radius 3 is 2.21 bits per heavy atom. The van der Waals surface area contributed by atoms with Gasteiger partial charge in [-0.25, -0.2) is 0 Å². The van der Waals surface area contributed by atoms with Gasteiger partial charge in [-0.1, -0.05) is 98.1 Å². The van der Waals surface area contributed by atoms with Crippen LogP contribution in [0.1, 0.15) is 35.4 Å². The molecule has 3 aromatic rings. The molecule has 0 amide bonds. The number of halogens is 3. The molecule has 1 nitrogen and oxygen atoms in total. The summed E-state index contributed by atoms with van der Waals surface area (Å²) in [6.45, 7) is 0. The fourth-order valence-corrected chi connectivity index (χ4v) is 5.50. The van der Waals surface area contributed by atoms with E-state index in [9.17, 15) is 5.11 Å². The fraction of sp³-hybridized carbons (Fsp3) is 0.167. The van der Waals surface area contributed by atoms with Crippen LogP contribution in [0.4, 0.5) is 0 Å². The highest BCUT2D eigenvalue weighted by atomic mass is 79.9. The Morgan fingerprint density at radius 1 is 0.857 bits per heavy atom. The van der Waals surface area contributed by atoms with E-state index in [1.165, 1.54) is 5.56 Å². The lowest BCUT2D eigenvalue weighted by molar-refractivity contribution is 0.0672. The van der Waals surface area contributed by atoms with Crippen LogP contribution in [0.15, 0.2) is 87.8 Å². The highest BCUT2D eigenvalue weighted by Gasteiger charge is 2.38. The van der Waals surface area contributed by atoms with Crippen LogP contribution < -0.4 is 0 Å². The van der Waals surface area contributed by atoms with Crippen LogP contribution in [0, 0.1) is 0 Å². The quantitative estimate of drug-likeness (QED) is 0.376. The molecular weight excluding hydrogens is 500 g/mol. The number of allylic oxidation sites excluding steroid dienone is 1. The van der Waals surface area contributed by atoms with Gasteiger partial charge in [-0.15, -0.1) is 0 Å². The van der Waals surface area contributed by atoms with Gasteiger partial charge in [0.1, 0.15) is 5.60 Å². The van der Waals surface area contributed by atoms with E-state index in [0.717, 1.165) is 32.1 Å². The molecule has 0 saturated carbocycles. The zero-order valence-electron chi connectivity index (χ0n) is 15.1. The second-order valence-corrected chi connectivity index (χ2v) is 9.30. The minimum absolute atomic E-state index is 0.156. The Hall–Kier alpha value is -1.39. The molecule has 28 heavy (non-hydrogen) atoms. The Labute approximate surface area is 187 Å². The smallest absolute Gasteiger partial charge is 0.110 e. The van der Waals surface area contributed by atoms with Crippen LogP contribution in [0.5, 0.6) is 0 Å².